The van der Waals surface area contributed by atoms with E-state index in [0.717, 1.165) is 34.9 Å². The number of benzene rings is 2. The number of fused-ring (bicyclic) bond motifs is 1. The number of anilines is 1. The van der Waals surface area contributed by atoms with Gasteiger partial charge in [-0.05, 0) is 91.8 Å². The highest BCUT2D eigenvalue weighted by Gasteiger charge is 2.67. The van der Waals surface area contributed by atoms with Crippen molar-refractivity contribution in [2.24, 2.45) is 11.8 Å². The summed E-state index contributed by atoms with van der Waals surface area (Å²) in [6, 6.07) is 4.65. The number of nitrogens with one attached hydrogen (secondary N) is 3. The zero-order chi connectivity index (χ0) is 38.9. The summed E-state index contributed by atoms with van der Waals surface area (Å²) in [6.45, 7) is 5.31. The van der Waals surface area contributed by atoms with Crippen molar-refractivity contribution in [2.45, 2.75) is 93.7 Å². The molecule has 4 amide bonds. The molecule has 5 aliphatic rings. The van der Waals surface area contributed by atoms with Crippen LogP contribution in [0, 0.1) is 17.7 Å². The predicted octanol–water partition coefficient (Wildman–Crippen LogP) is 4.87. The highest BCUT2D eigenvalue weighted by Crippen LogP contribution is 2.57. The fourth-order valence-corrected chi connectivity index (χ4v) is 9.08. The Bertz CT molecular complexity index is 2040. The summed E-state index contributed by atoms with van der Waals surface area (Å²) in [5, 5.41) is 5.22. The second-order valence-electron chi connectivity index (χ2n) is 14.9. The second-order valence-corrected chi connectivity index (χ2v) is 17.2. The molecule has 0 spiro atoms. The molecular formula is C36H38ClF4N5O7S. The van der Waals surface area contributed by atoms with E-state index in [4.69, 9.17) is 16.3 Å². The Morgan fingerprint density at radius 3 is 2.43 bits per heavy atom. The van der Waals surface area contributed by atoms with Crippen LogP contribution in [0.5, 0.6) is 0 Å². The summed E-state index contributed by atoms with van der Waals surface area (Å²) >= 11 is 6.32. The summed E-state index contributed by atoms with van der Waals surface area (Å²) in [5.41, 5.74) is -1.63. The van der Waals surface area contributed by atoms with Crippen molar-refractivity contribution in [3.63, 3.8) is 0 Å². The van der Waals surface area contributed by atoms with Crippen molar-refractivity contribution < 1.29 is 49.9 Å². The maximum Gasteiger partial charge on any atom is 0.419 e. The molecule has 0 unspecified atom stereocenters. The maximum absolute atomic E-state index is 14.3. The molecule has 12 nitrogen and oxygen atoms in total. The average Bonchev–Trinajstić information content (AvgIpc) is 4.02. The maximum atomic E-state index is 14.3. The van der Waals surface area contributed by atoms with Crippen LogP contribution in [0.2, 0.25) is 5.02 Å². The Morgan fingerprint density at radius 2 is 1.80 bits per heavy atom. The van der Waals surface area contributed by atoms with Gasteiger partial charge in [-0.15, -0.1) is 0 Å². The molecule has 3 N–H and O–H groups in total. The summed E-state index contributed by atoms with van der Waals surface area (Å²) in [6.07, 6.45) is -4.40. The van der Waals surface area contributed by atoms with Crippen LogP contribution in [0.3, 0.4) is 0 Å². The van der Waals surface area contributed by atoms with E-state index < -0.39 is 80.4 Å². The number of halogens is 5. The van der Waals surface area contributed by atoms with Crippen molar-refractivity contribution in [1.29, 1.82) is 0 Å². The minimum atomic E-state index is -5.02. The Morgan fingerprint density at radius 1 is 1.07 bits per heavy atom. The number of sulfonamides is 1. The van der Waals surface area contributed by atoms with Gasteiger partial charge in [-0.25, -0.2) is 17.6 Å². The number of carbonyl (C=O) groups excluding carboxylic acids is 4. The molecule has 2 aromatic carbocycles. The number of hydrogen-bond donors (Lipinski definition) is 3. The average molecular weight is 796 g/mol. The van der Waals surface area contributed by atoms with Gasteiger partial charge in [0.05, 0.1) is 23.9 Å². The smallest absolute Gasteiger partial charge is 0.419 e. The van der Waals surface area contributed by atoms with Crippen LogP contribution in [0.4, 0.5) is 28.0 Å². The Labute approximate surface area is 313 Å². The van der Waals surface area contributed by atoms with Gasteiger partial charge in [0.25, 0.3) is 5.91 Å². The predicted molar refractivity (Wildman–Crippen MR) is 187 cm³/mol. The van der Waals surface area contributed by atoms with Gasteiger partial charge in [0, 0.05) is 23.7 Å². The molecule has 1 saturated heterocycles. The van der Waals surface area contributed by atoms with Crippen molar-refractivity contribution in [1.82, 2.24) is 19.8 Å². The number of amides is 4. The van der Waals surface area contributed by atoms with Gasteiger partial charge in [-0.1, -0.05) is 30.3 Å². The minimum absolute atomic E-state index is 0.0991. The molecule has 2 aliphatic heterocycles. The highest BCUT2D eigenvalue weighted by atomic mass is 35.5. The number of hydrogen-bond acceptors (Lipinski definition) is 8. The molecule has 4 fully saturated rings. The van der Waals surface area contributed by atoms with Gasteiger partial charge < -0.3 is 20.3 Å². The monoisotopic (exact) mass is 795 g/mol. The molecule has 3 aliphatic carbocycles. The van der Waals surface area contributed by atoms with Crippen LogP contribution < -0.4 is 15.4 Å². The number of nitrogens with zero attached hydrogens (tertiary/aromatic N) is 2. The normalized spacial score (nSPS) is 25.4. The zero-order valence-electron chi connectivity index (χ0n) is 29.0. The lowest BCUT2D eigenvalue weighted by Crippen LogP contribution is -2.58. The summed E-state index contributed by atoms with van der Waals surface area (Å²) in [7, 11) is -3.95. The van der Waals surface area contributed by atoms with Crippen molar-refractivity contribution in [2.75, 3.05) is 11.9 Å². The topological polar surface area (TPSA) is 154 Å². The summed E-state index contributed by atoms with van der Waals surface area (Å²) in [5.74, 6) is -4.21. The molecule has 54 heavy (non-hydrogen) atoms. The Balaban J connectivity index is 1.14. The number of carbonyl (C=O) groups is 4. The van der Waals surface area contributed by atoms with E-state index in [1.54, 1.807) is 12.1 Å². The Hall–Kier alpha value is -4.38. The van der Waals surface area contributed by atoms with Gasteiger partial charge in [-0.3, -0.25) is 24.0 Å². The van der Waals surface area contributed by atoms with Crippen LogP contribution in [0.25, 0.3) is 0 Å². The lowest BCUT2D eigenvalue weighted by Gasteiger charge is -2.30. The molecular weight excluding hydrogens is 758 g/mol. The SMILES string of the molecule is C=C(C)[C@H](Nc1ccc(F)c(C(F)(F)F)c1)C(=O)N1C[C@H](OC(=O)N2Cc3cccc(Cl)c3C2)C[C@H]1C(=O)N[C@]1(C(=O)NS(=O)(=O)C2CC2)C[C@H]1C1CC1. The fourth-order valence-electron chi connectivity index (χ4n) is 7.46. The molecule has 0 aromatic heterocycles. The highest BCUT2D eigenvalue weighted by molar-refractivity contribution is 7.91. The minimum Gasteiger partial charge on any atom is -0.444 e. The molecule has 2 heterocycles. The molecule has 3 saturated carbocycles. The van der Waals surface area contributed by atoms with Crippen molar-refractivity contribution >= 4 is 51.1 Å². The lowest BCUT2D eigenvalue weighted by molar-refractivity contribution is -0.140. The molecule has 5 atom stereocenters. The molecule has 18 heteroatoms. The van der Waals surface area contributed by atoms with E-state index in [1.807, 2.05) is 6.07 Å². The third-order valence-corrected chi connectivity index (χ3v) is 13.0. The number of rotatable bonds is 11. The third kappa shape index (κ3) is 7.48. The fraction of sp³-hybridized carbons (Fsp3) is 0.500. The summed E-state index contributed by atoms with van der Waals surface area (Å²) < 4.78 is 88.0. The van der Waals surface area contributed by atoms with E-state index in [2.05, 4.69) is 21.9 Å². The number of ether oxygens (including phenoxy) is 1. The number of likely N-dealkylation sites (tertiary alicyclic amines) is 1. The van der Waals surface area contributed by atoms with Crippen LogP contribution in [-0.2, 0) is 48.4 Å². The molecule has 7 rings (SSSR count). The first-order valence-corrected chi connectivity index (χ1v) is 19.5. The van der Waals surface area contributed by atoms with Crippen LogP contribution in [-0.4, -0.2) is 77.6 Å². The first-order chi connectivity index (χ1) is 25.4. The van der Waals surface area contributed by atoms with E-state index in [1.165, 1.54) is 11.8 Å². The van der Waals surface area contributed by atoms with E-state index >= 15 is 0 Å². The first kappa shape index (κ1) is 37.9. The second kappa shape index (κ2) is 13.7. The van der Waals surface area contributed by atoms with Crippen LogP contribution in [0.1, 0.15) is 62.1 Å². The number of alkyl halides is 3. The van der Waals surface area contributed by atoms with Gasteiger partial charge in [-0.2, -0.15) is 13.2 Å². The molecule has 2 aromatic rings. The molecule has 290 valence electrons. The lowest BCUT2D eigenvalue weighted by atomic mass is 10.1. The van der Waals surface area contributed by atoms with Crippen LogP contribution >= 0.6 is 11.6 Å². The van der Waals surface area contributed by atoms with Gasteiger partial charge >= 0.3 is 12.3 Å². The molecule has 0 radical (unpaired) electrons. The van der Waals surface area contributed by atoms with Gasteiger partial charge in [0.15, 0.2) is 0 Å². The largest absolute Gasteiger partial charge is 0.444 e. The van der Waals surface area contributed by atoms with Crippen LogP contribution in [0.15, 0.2) is 48.6 Å². The van der Waals surface area contributed by atoms with Crippen molar-refractivity contribution in [3.05, 3.63) is 76.1 Å². The van der Waals surface area contributed by atoms with Gasteiger partial charge in [0.1, 0.15) is 29.5 Å². The Kier molecular flexibility index (Phi) is 9.64. The summed E-state index contributed by atoms with van der Waals surface area (Å²) in [4.78, 5) is 58.0. The standard InChI is InChI=1S/C36H38ClF4N5O7S/c1-18(2)30(42-21-8-11-28(38)25(12-21)36(39,40)41)32(48)46-16-22(53-34(50)45-15-20-4-3-5-27(37)24(20)17-45)13-29(46)31(47)43-35(14-26(35)19-6-7-19)33(49)44-54(51,52)23-9-10-23/h3-5,8,11-12,19,22-23,26,29-30,42H,1,6-7,9-10,13-17H2,2H3,(H,43,47)(H,44,49)/t22-,26+,29+,30+,35-/m1/s1. The van der Waals surface area contributed by atoms with E-state index in [9.17, 15) is 45.2 Å². The van der Waals surface area contributed by atoms with Gasteiger partial charge in [0.2, 0.25) is 21.8 Å². The van der Waals surface area contributed by atoms with E-state index in [0.29, 0.717) is 30.0 Å². The van der Waals surface area contributed by atoms with Crippen molar-refractivity contribution in [3.8, 4) is 0 Å². The zero-order valence-corrected chi connectivity index (χ0v) is 30.6. The third-order valence-electron chi connectivity index (χ3n) is 10.8. The van der Waals surface area contributed by atoms with E-state index in [-0.39, 0.29) is 55.6 Å². The first-order valence-electron chi connectivity index (χ1n) is 17.6. The quantitative estimate of drug-likeness (QED) is 0.215. The molecule has 0 bridgehead atoms.